The fraction of sp³-hybridized carbons (Fsp3) is 0.389. The van der Waals surface area contributed by atoms with E-state index in [1.807, 2.05) is 11.0 Å². The third-order valence-corrected chi connectivity index (χ3v) is 11.7. The molecule has 49 heavy (non-hydrogen) atoms. The molecule has 1 amide bonds. The molecule has 2 atom stereocenters. The minimum Gasteiger partial charge on any atom is -0.472 e. The number of ether oxygens (including phenoxy) is 1. The summed E-state index contributed by atoms with van der Waals surface area (Å²) in [7, 11) is 0. The maximum absolute atomic E-state index is 17.4. The Bertz CT molecular complexity index is 2200. The smallest absolute Gasteiger partial charge is 0.319 e. The fourth-order valence-electron chi connectivity index (χ4n) is 8.53. The van der Waals surface area contributed by atoms with Gasteiger partial charge in [-0.25, -0.2) is 13.8 Å². The molecule has 4 saturated heterocycles. The van der Waals surface area contributed by atoms with Crippen molar-refractivity contribution in [3.63, 3.8) is 0 Å². The van der Waals surface area contributed by atoms with E-state index in [4.69, 9.17) is 24.9 Å². The lowest BCUT2D eigenvalue weighted by atomic mass is 9.91. The molecule has 0 unspecified atom stereocenters. The first-order valence-corrected chi connectivity index (χ1v) is 17.5. The third kappa shape index (κ3) is 4.68. The van der Waals surface area contributed by atoms with Crippen LogP contribution in [0, 0.1) is 23.5 Å². The molecule has 0 bridgehead atoms. The van der Waals surface area contributed by atoms with Crippen LogP contribution in [-0.4, -0.2) is 81.1 Å². The number of anilines is 2. The highest BCUT2D eigenvalue weighted by molar-refractivity contribution is 7.22. The van der Waals surface area contributed by atoms with Crippen LogP contribution in [0.1, 0.15) is 39.0 Å². The van der Waals surface area contributed by atoms with Crippen LogP contribution >= 0.6 is 11.3 Å². The van der Waals surface area contributed by atoms with Crippen molar-refractivity contribution in [1.82, 2.24) is 24.8 Å². The molecular formula is C36H33F2N7O3S. The van der Waals surface area contributed by atoms with Crippen LogP contribution in [0.15, 0.2) is 41.2 Å². The molecule has 2 N–H and O–H groups in total. The summed E-state index contributed by atoms with van der Waals surface area (Å²) in [5.74, 6) is 4.66. The molecule has 5 aromatic rings. The van der Waals surface area contributed by atoms with Gasteiger partial charge < -0.3 is 24.7 Å². The van der Waals surface area contributed by atoms with Crippen LogP contribution in [0.4, 0.5) is 19.7 Å². The maximum atomic E-state index is 17.4. The summed E-state index contributed by atoms with van der Waals surface area (Å²) in [5, 5.41) is 0.681. The van der Waals surface area contributed by atoms with Crippen molar-refractivity contribution in [2.45, 2.75) is 56.7 Å². The van der Waals surface area contributed by atoms with E-state index < -0.39 is 11.6 Å². The number of benzene rings is 2. The normalized spacial score (nSPS) is 21.1. The van der Waals surface area contributed by atoms with E-state index in [-0.39, 0.29) is 56.0 Å². The number of nitrogen functional groups attached to an aromatic ring is 1. The standard InChI is InChI=1S/C36H33F2N7O3S/c1-2-5-27(46)44-14-8-25-26(44)17-45(25)33-23-16-22(20-9-15-47-18-20)28(21-6-7-24(37)32-31(21)40-34(39)49-32)29(38)30(23)41-35(42-33)48-19-36-10-3-12-43(36)13-4-11-36/h6-7,9,15-16,18,25-26H,3-4,8,10-14,17,19H2,1H3,(H2,39,40)/t25-,26-/m1/s1. The first kappa shape index (κ1) is 30.3. The Morgan fingerprint density at radius 3 is 2.71 bits per heavy atom. The summed E-state index contributed by atoms with van der Waals surface area (Å²) in [6.07, 6.45) is 8.11. The van der Waals surface area contributed by atoms with E-state index in [9.17, 15) is 9.18 Å². The summed E-state index contributed by atoms with van der Waals surface area (Å²) < 4.78 is 44.5. The lowest BCUT2D eigenvalue weighted by Gasteiger charge is -2.47. The number of hydrogen-bond donors (Lipinski definition) is 1. The molecule has 4 aliphatic heterocycles. The molecule has 4 aliphatic rings. The zero-order valence-corrected chi connectivity index (χ0v) is 27.7. The van der Waals surface area contributed by atoms with Gasteiger partial charge in [0.25, 0.3) is 5.91 Å². The van der Waals surface area contributed by atoms with Crippen LogP contribution in [0.2, 0.25) is 0 Å². The van der Waals surface area contributed by atoms with Crippen molar-refractivity contribution in [1.29, 1.82) is 0 Å². The summed E-state index contributed by atoms with van der Waals surface area (Å²) in [6.45, 7) is 5.27. The first-order chi connectivity index (χ1) is 23.8. The lowest BCUT2D eigenvalue weighted by Crippen LogP contribution is -2.63. The molecule has 13 heteroatoms. The average molecular weight is 682 g/mol. The molecule has 0 aliphatic carbocycles. The SMILES string of the molecule is CC#CC(=O)N1CC[C@@H]2[C@H]1CN2c1nc(OCC23CCCN2CCC3)nc2c(F)c(-c3ccc(F)c4sc(N)nc34)c(-c3ccoc3)cc12. The second kappa shape index (κ2) is 11.4. The minimum absolute atomic E-state index is 0.0119. The minimum atomic E-state index is -0.610. The van der Waals surface area contributed by atoms with E-state index in [1.165, 1.54) is 18.4 Å². The predicted molar refractivity (Wildman–Crippen MR) is 183 cm³/mol. The Hall–Kier alpha value is -4.80. The van der Waals surface area contributed by atoms with Gasteiger partial charge in [-0.05, 0) is 87.9 Å². The Morgan fingerprint density at radius 1 is 1.10 bits per heavy atom. The van der Waals surface area contributed by atoms with E-state index in [1.54, 1.807) is 19.3 Å². The number of nitrogens with zero attached hydrogens (tertiary/aromatic N) is 6. The lowest BCUT2D eigenvalue weighted by molar-refractivity contribution is -0.126. The number of halogens is 2. The zero-order chi connectivity index (χ0) is 33.4. The van der Waals surface area contributed by atoms with Crippen LogP contribution in [-0.2, 0) is 4.79 Å². The van der Waals surface area contributed by atoms with Crippen molar-refractivity contribution in [2.75, 3.05) is 43.4 Å². The summed E-state index contributed by atoms with van der Waals surface area (Å²) in [4.78, 5) is 33.3. The third-order valence-electron chi connectivity index (χ3n) is 10.8. The molecule has 9 rings (SSSR count). The number of carbonyl (C=O) groups is 1. The Labute approximate surface area is 284 Å². The van der Waals surface area contributed by atoms with Crippen molar-refractivity contribution < 1.29 is 22.7 Å². The molecule has 250 valence electrons. The van der Waals surface area contributed by atoms with Crippen LogP contribution in [0.25, 0.3) is 43.4 Å². The Kier molecular flexibility index (Phi) is 7.03. The largest absolute Gasteiger partial charge is 0.472 e. The number of fused-ring (bicyclic) bond motifs is 4. The van der Waals surface area contributed by atoms with Gasteiger partial charge in [0.2, 0.25) is 0 Å². The van der Waals surface area contributed by atoms with Gasteiger partial charge in [-0.2, -0.15) is 9.97 Å². The van der Waals surface area contributed by atoms with Crippen molar-refractivity contribution in [3.8, 4) is 40.1 Å². The van der Waals surface area contributed by atoms with Gasteiger partial charge in [-0.15, -0.1) is 0 Å². The maximum Gasteiger partial charge on any atom is 0.319 e. The number of hydrogen-bond acceptors (Lipinski definition) is 10. The van der Waals surface area contributed by atoms with Crippen molar-refractivity contribution in [2.24, 2.45) is 0 Å². The molecule has 0 radical (unpaired) electrons. The molecule has 7 heterocycles. The highest BCUT2D eigenvalue weighted by Gasteiger charge is 2.50. The second-order valence-electron chi connectivity index (χ2n) is 13.3. The number of rotatable bonds is 6. The summed E-state index contributed by atoms with van der Waals surface area (Å²) in [5.41, 5.74) is 8.05. The van der Waals surface area contributed by atoms with Crippen molar-refractivity contribution in [3.05, 3.63) is 48.4 Å². The van der Waals surface area contributed by atoms with Gasteiger partial charge in [0.15, 0.2) is 10.9 Å². The van der Waals surface area contributed by atoms with Crippen LogP contribution < -0.4 is 15.4 Å². The molecule has 4 fully saturated rings. The first-order valence-electron chi connectivity index (χ1n) is 16.6. The van der Waals surface area contributed by atoms with Gasteiger partial charge >= 0.3 is 6.01 Å². The summed E-state index contributed by atoms with van der Waals surface area (Å²) in [6, 6.07) is 6.52. The van der Waals surface area contributed by atoms with Gasteiger partial charge in [0, 0.05) is 35.2 Å². The predicted octanol–water partition coefficient (Wildman–Crippen LogP) is 5.85. The zero-order valence-electron chi connectivity index (χ0n) is 26.8. The average Bonchev–Trinajstić information content (AvgIpc) is 3.91. The summed E-state index contributed by atoms with van der Waals surface area (Å²) >= 11 is 1.02. The molecule has 0 saturated carbocycles. The quantitative estimate of drug-likeness (QED) is 0.221. The number of carbonyl (C=O) groups excluding carboxylic acids is 1. The molecule has 2 aromatic carbocycles. The van der Waals surface area contributed by atoms with Gasteiger partial charge in [0.1, 0.15) is 23.8 Å². The number of aromatic nitrogens is 3. The van der Waals surface area contributed by atoms with Crippen LogP contribution in [0.3, 0.4) is 0 Å². The van der Waals surface area contributed by atoms with E-state index in [0.717, 1.165) is 56.5 Å². The van der Waals surface area contributed by atoms with Gasteiger partial charge in [0.05, 0.1) is 40.4 Å². The highest BCUT2D eigenvalue weighted by Crippen LogP contribution is 2.47. The highest BCUT2D eigenvalue weighted by atomic mass is 32.1. The van der Waals surface area contributed by atoms with Crippen LogP contribution in [0.5, 0.6) is 6.01 Å². The van der Waals surface area contributed by atoms with Gasteiger partial charge in [-0.1, -0.05) is 17.3 Å². The van der Waals surface area contributed by atoms with E-state index in [0.29, 0.717) is 47.6 Å². The Balaban J connectivity index is 1.22. The second-order valence-corrected chi connectivity index (χ2v) is 14.4. The van der Waals surface area contributed by atoms with Gasteiger partial charge in [-0.3, -0.25) is 9.69 Å². The molecular weight excluding hydrogens is 649 g/mol. The molecule has 0 spiro atoms. The fourth-order valence-corrected chi connectivity index (χ4v) is 9.30. The molecule has 3 aromatic heterocycles. The number of nitrogens with two attached hydrogens (primary N) is 1. The topological polar surface area (TPSA) is 114 Å². The number of furan rings is 1. The monoisotopic (exact) mass is 681 g/mol. The van der Waals surface area contributed by atoms with E-state index in [2.05, 4.69) is 26.6 Å². The number of amides is 1. The van der Waals surface area contributed by atoms with E-state index >= 15 is 4.39 Å². The van der Waals surface area contributed by atoms with Crippen molar-refractivity contribution >= 4 is 49.3 Å². The Morgan fingerprint density at radius 2 is 1.94 bits per heavy atom. The number of thiazole rings is 1. The number of likely N-dealkylation sites (tertiary alicyclic amines) is 1. The molecule has 10 nitrogen and oxygen atoms in total.